The van der Waals surface area contributed by atoms with Crippen LogP contribution in [-0.2, 0) is 0 Å². The minimum atomic E-state index is 0.964. The summed E-state index contributed by atoms with van der Waals surface area (Å²) >= 11 is 2.87. The molecule has 36 fully saturated rings. The van der Waals surface area contributed by atoms with E-state index in [0.717, 1.165) is 71.0 Å². The molecule has 0 spiro atoms. The Labute approximate surface area is 654 Å². The highest BCUT2D eigenvalue weighted by Gasteiger charge is 2.94. The number of hydrogen-bond acceptors (Lipinski definition) is 0. The van der Waals surface area contributed by atoms with Gasteiger partial charge in [0.25, 0.3) is 0 Å². The van der Waals surface area contributed by atoms with Crippen molar-refractivity contribution in [2.75, 3.05) is 4.43 Å². The van der Waals surface area contributed by atoms with Gasteiger partial charge in [0.05, 0.1) is 0 Å². The third-order valence-electron chi connectivity index (χ3n) is 56.9. The van der Waals surface area contributed by atoms with Gasteiger partial charge in [-0.05, 0) is 596 Å². The molecule has 0 aromatic rings. The molecule has 0 aromatic carbocycles. The van der Waals surface area contributed by atoms with Gasteiger partial charge in [-0.1, -0.05) is 62.6 Å². The van der Waals surface area contributed by atoms with E-state index in [1.54, 1.807) is 122 Å². The molecule has 36 rings (SSSR count). The van der Waals surface area contributed by atoms with Crippen LogP contribution in [0, 0.1) is 438 Å². The molecule has 566 valence electrons. The summed E-state index contributed by atoms with van der Waals surface area (Å²) in [5.41, 5.74) is 0. The van der Waals surface area contributed by atoms with Crippen molar-refractivity contribution in [1.29, 1.82) is 0 Å². The molecule has 0 saturated heterocycles. The van der Waals surface area contributed by atoms with Crippen molar-refractivity contribution in [2.45, 2.75) is 194 Å². The first kappa shape index (κ1) is 59.4. The first-order valence-electron chi connectivity index (χ1n) is 52.0. The fourth-order valence-electron chi connectivity index (χ4n) is 60.2. The zero-order chi connectivity index (χ0) is 66.5. The standard InChI is InChI=1S/C105H139I/c1-4-33(3)39-25-41-26-45-30-47-29-43-23-36-9-8-34-12-13-49-51-15-14-50-48-7-5-6-35-21-42-27-46-28-44-24-38-11-10-37-22-40(20-32(2)18-19-106)56-53-17-16-52-54(31-39)57(41)75-63(45)79-67(47)80-64(43)76-59(36)58(34)68(49)82-85-70(51)69(50)83-73(55(35)48)62(42)78-66(46)81-65(44)77-61(38)60(37)74(56)87-86-72(53)71(52)84(75)95-91(79)100-92(80)98(88(76)82)102-96(85)94(83)90(78)101-93(81)99(89(77)87)103(97(86)95)105(100)104(101)102/h32-105H,4-31H2,1-3H3. The Morgan fingerprint density at radius 3 is 0.906 bits per heavy atom. The Balaban J connectivity index is 0.665. The highest BCUT2D eigenvalue weighted by Crippen LogP contribution is 2.98. The van der Waals surface area contributed by atoms with Gasteiger partial charge in [0.15, 0.2) is 0 Å². The van der Waals surface area contributed by atoms with E-state index in [0.29, 0.717) is 0 Å². The predicted octanol–water partition coefficient (Wildman–Crippen LogP) is 22.1. The van der Waals surface area contributed by atoms with Gasteiger partial charge in [0.1, 0.15) is 0 Å². The Kier molecular flexibility index (Phi) is 10.3. The molecule has 0 N–H and O–H groups in total. The van der Waals surface area contributed by atoms with Gasteiger partial charge in [-0.3, -0.25) is 0 Å². The minimum absolute atomic E-state index is 0.964. The van der Waals surface area contributed by atoms with Gasteiger partial charge in [-0.25, -0.2) is 0 Å². The third kappa shape index (κ3) is 5.60. The van der Waals surface area contributed by atoms with Crippen molar-refractivity contribution in [1.82, 2.24) is 0 Å². The molecular weight excluding hydrogens is 1390 g/mol. The van der Waals surface area contributed by atoms with E-state index in [-0.39, 0.29) is 0 Å². The van der Waals surface area contributed by atoms with Gasteiger partial charge < -0.3 is 0 Å². The molecule has 36 saturated carbocycles. The van der Waals surface area contributed by atoms with Crippen molar-refractivity contribution in [3.05, 3.63) is 0 Å². The molecule has 1 heteroatoms. The van der Waals surface area contributed by atoms with Crippen molar-refractivity contribution >= 4 is 22.6 Å². The van der Waals surface area contributed by atoms with E-state index in [1.807, 2.05) is 38.5 Å². The lowest BCUT2D eigenvalue weighted by atomic mass is 9.11. The largest absolute Gasteiger partial charge is 0.0864 e. The number of hydrogen-bond donors (Lipinski definition) is 0. The second-order valence-corrected chi connectivity index (χ2v) is 55.4. The van der Waals surface area contributed by atoms with Crippen LogP contribution in [0.3, 0.4) is 0 Å². The van der Waals surface area contributed by atoms with Crippen LogP contribution >= 0.6 is 22.6 Å². The Bertz CT molecular complexity index is 3990. The van der Waals surface area contributed by atoms with Gasteiger partial charge in [-0.15, -0.1) is 0 Å². The van der Waals surface area contributed by atoms with Gasteiger partial charge in [0, 0.05) is 0 Å². The van der Waals surface area contributed by atoms with E-state index < -0.39 is 0 Å². The van der Waals surface area contributed by atoms with E-state index >= 15 is 0 Å². The Morgan fingerprint density at radius 2 is 0.481 bits per heavy atom. The topological polar surface area (TPSA) is 0 Å². The molecule has 0 bridgehead atoms. The van der Waals surface area contributed by atoms with Crippen molar-refractivity contribution in [2.24, 2.45) is 438 Å². The summed E-state index contributed by atoms with van der Waals surface area (Å²) in [7, 11) is 0. The second kappa shape index (κ2) is 18.4. The Morgan fingerprint density at radius 1 is 0.217 bits per heavy atom. The first-order chi connectivity index (χ1) is 52.4. The van der Waals surface area contributed by atoms with E-state index in [9.17, 15) is 0 Å². The summed E-state index contributed by atoms with van der Waals surface area (Å²) in [6.07, 6.45) is 47.2. The van der Waals surface area contributed by atoms with Crippen LogP contribution in [0.15, 0.2) is 0 Å². The molecule has 0 amide bonds. The number of halogens is 1. The maximum atomic E-state index is 2.88. The van der Waals surface area contributed by atoms with Gasteiger partial charge >= 0.3 is 0 Å². The SMILES string of the molecule is CCC(C)C1CC2CC3CC4CC5CC6CCC7CCC8C9CCC%10C%11CCCC%12CC%13CC%14CC%15CC%16CCC%17CC(CC(C)CCI)C%18C%19CCC%20C(C1)C2C1C3C2C4C3C5C4C6C7C8C5C6C9C%10C7C(C%12%11)C%13C8C%14C9C%15C%10C%16C%17C%18C%11C%12C%19C%20C1C1C2C2C3C(C45)C3C6C7C8C4C9C(C%10%11)C(C%121)C2C43. The average Bonchev–Trinajstić information content (AvgIpc) is 0.606. The lowest BCUT2D eigenvalue weighted by Crippen LogP contribution is -2.90. The van der Waals surface area contributed by atoms with Crippen LogP contribution in [0.25, 0.3) is 0 Å². The number of alkyl halides is 1. The zero-order valence-corrected chi connectivity index (χ0v) is 68.1. The monoisotopic (exact) mass is 1530 g/mol. The molecule has 106 heavy (non-hydrogen) atoms. The summed E-state index contributed by atoms with van der Waals surface area (Å²) in [5.74, 6) is 88.9. The first-order valence-corrected chi connectivity index (χ1v) is 53.5. The van der Waals surface area contributed by atoms with Gasteiger partial charge in [0.2, 0.25) is 0 Å². The molecule has 36 aliphatic rings. The van der Waals surface area contributed by atoms with E-state index in [4.69, 9.17) is 0 Å². The summed E-state index contributed by atoms with van der Waals surface area (Å²) in [6.45, 7) is 8.43. The Hall–Kier alpha value is 0.730. The normalized spacial score (nSPS) is 80.4. The summed E-state index contributed by atoms with van der Waals surface area (Å²) < 4.78 is 1.42. The van der Waals surface area contributed by atoms with Crippen LogP contribution in [0.2, 0.25) is 0 Å². The smallest absolute Gasteiger partial charge is 0.000219 e. The molecule has 74 unspecified atom stereocenters. The van der Waals surface area contributed by atoms with Crippen molar-refractivity contribution in [3.8, 4) is 0 Å². The van der Waals surface area contributed by atoms with Crippen LogP contribution in [0.4, 0.5) is 0 Å². The van der Waals surface area contributed by atoms with Crippen LogP contribution in [0.1, 0.15) is 194 Å². The average molecular weight is 1530 g/mol. The fourth-order valence-corrected chi connectivity index (χ4v) is 61.3. The minimum Gasteiger partial charge on any atom is -0.0864 e. The summed E-state index contributed by atoms with van der Waals surface area (Å²) in [4.78, 5) is 0. The number of fused-ring (bicyclic) bond motifs is 4. The van der Waals surface area contributed by atoms with Crippen LogP contribution < -0.4 is 0 Å². The molecule has 74 atom stereocenters. The lowest BCUT2D eigenvalue weighted by Gasteiger charge is -2.93. The van der Waals surface area contributed by atoms with Crippen LogP contribution in [-0.4, -0.2) is 4.43 Å². The maximum absolute atomic E-state index is 2.88. The lowest BCUT2D eigenvalue weighted by molar-refractivity contribution is -0.464. The van der Waals surface area contributed by atoms with Gasteiger partial charge in [-0.2, -0.15) is 0 Å². The predicted molar refractivity (Wildman–Crippen MR) is 419 cm³/mol. The van der Waals surface area contributed by atoms with Crippen LogP contribution in [0.5, 0.6) is 0 Å². The van der Waals surface area contributed by atoms with Crippen molar-refractivity contribution < 1.29 is 0 Å². The number of rotatable bonds is 6. The quantitative estimate of drug-likeness (QED) is 0.184. The molecule has 0 aliphatic heterocycles. The van der Waals surface area contributed by atoms with E-state index in [2.05, 4.69) is 43.4 Å². The summed E-state index contributed by atoms with van der Waals surface area (Å²) in [5, 5.41) is 0. The maximum Gasteiger partial charge on any atom is -0.000219 e. The third-order valence-corrected chi connectivity index (χ3v) is 57.5. The fraction of sp³-hybridized carbons (Fsp3) is 1.00. The molecular formula is C105H139I. The summed E-state index contributed by atoms with van der Waals surface area (Å²) in [6, 6.07) is 0. The molecule has 0 nitrogen and oxygen atoms in total. The second-order valence-electron chi connectivity index (χ2n) is 54.3. The van der Waals surface area contributed by atoms with E-state index in [1.165, 1.54) is 384 Å². The molecule has 36 aliphatic carbocycles. The zero-order valence-electron chi connectivity index (χ0n) is 65.9. The van der Waals surface area contributed by atoms with Crippen molar-refractivity contribution in [3.63, 3.8) is 0 Å². The molecule has 0 radical (unpaired) electrons. The molecule has 0 aromatic heterocycles. The molecule has 0 heterocycles. The highest BCUT2D eigenvalue weighted by molar-refractivity contribution is 14.1. The highest BCUT2D eigenvalue weighted by atomic mass is 127.